The van der Waals surface area contributed by atoms with Gasteiger partial charge in [-0.15, -0.1) is 0 Å². The van der Waals surface area contributed by atoms with Crippen molar-refractivity contribution in [2.75, 3.05) is 0 Å². The highest BCUT2D eigenvalue weighted by Gasteiger charge is 2.20. The van der Waals surface area contributed by atoms with Crippen LogP contribution in [0.1, 0.15) is 72.9 Å². The second-order valence-corrected chi connectivity index (χ2v) is 10.3. The van der Waals surface area contributed by atoms with Gasteiger partial charge < -0.3 is 9.47 Å². The second kappa shape index (κ2) is 8.28. The van der Waals surface area contributed by atoms with Crippen LogP contribution in [-0.4, -0.2) is 18.2 Å². The molecule has 0 aromatic heterocycles. The summed E-state index contributed by atoms with van der Waals surface area (Å²) in [6, 6.07) is 15.3. The number of benzene rings is 2. The summed E-state index contributed by atoms with van der Waals surface area (Å²) in [7, 11) is 0. The first-order valence-corrected chi connectivity index (χ1v) is 10.7. The van der Waals surface area contributed by atoms with Crippen molar-refractivity contribution in [3.05, 3.63) is 47.5 Å². The summed E-state index contributed by atoms with van der Waals surface area (Å²) in [6.45, 7) is 17.3. The van der Waals surface area contributed by atoms with E-state index in [2.05, 4.69) is 95.6 Å². The molecule has 0 radical (unpaired) electrons. The molecule has 160 valence electrons. The Balaban J connectivity index is 2.14. The first-order valence-electron chi connectivity index (χ1n) is 10.7. The largest absolute Gasteiger partial charge is 0.488 e. The van der Waals surface area contributed by atoms with Gasteiger partial charge in [0.1, 0.15) is 28.9 Å². The number of nitrogens with zero attached hydrogens (tertiary/aromatic N) is 2. The fourth-order valence-electron chi connectivity index (χ4n) is 3.47. The Bertz CT molecular complexity index is 898. The van der Waals surface area contributed by atoms with Gasteiger partial charge in [-0.25, -0.2) is 0 Å². The molecule has 2 unspecified atom stereocenters. The van der Waals surface area contributed by atoms with Crippen molar-refractivity contribution in [2.45, 2.75) is 84.8 Å². The molecular weight excluding hydrogens is 372 g/mol. The Kier molecular flexibility index (Phi) is 6.10. The van der Waals surface area contributed by atoms with Crippen molar-refractivity contribution in [3.63, 3.8) is 0 Å². The van der Waals surface area contributed by atoms with Crippen molar-refractivity contribution in [1.29, 1.82) is 0 Å². The van der Waals surface area contributed by atoms with E-state index in [1.54, 1.807) is 0 Å². The predicted octanol–water partition coefficient (Wildman–Crippen LogP) is 7.36. The molecule has 0 amide bonds. The summed E-state index contributed by atoms with van der Waals surface area (Å²) in [5.74, 6) is 1.49. The van der Waals surface area contributed by atoms with Crippen LogP contribution in [0, 0.1) is 0 Å². The fraction of sp³-hybridized carbons (Fsp3) is 0.500. The normalized spacial score (nSPS) is 19.6. The molecule has 0 saturated heterocycles. The third kappa shape index (κ3) is 5.31. The Morgan fingerprint density at radius 1 is 0.733 bits per heavy atom. The third-order valence-corrected chi connectivity index (χ3v) is 5.31. The molecule has 4 heteroatoms. The lowest BCUT2D eigenvalue weighted by Crippen LogP contribution is -2.23. The number of ether oxygens (including phenoxy) is 2. The van der Waals surface area contributed by atoms with E-state index in [4.69, 9.17) is 9.47 Å². The van der Waals surface area contributed by atoms with Crippen LogP contribution in [0.4, 0.5) is 11.4 Å². The number of fused-ring (bicyclic) bond motifs is 2. The van der Waals surface area contributed by atoms with Gasteiger partial charge in [0.25, 0.3) is 0 Å². The van der Waals surface area contributed by atoms with Crippen molar-refractivity contribution < 1.29 is 9.47 Å². The minimum Gasteiger partial charge on any atom is -0.488 e. The van der Waals surface area contributed by atoms with Gasteiger partial charge in [0.05, 0.1) is 12.2 Å². The van der Waals surface area contributed by atoms with E-state index in [0.29, 0.717) is 0 Å². The summed E-state index contributed by atoms with van der Waals surface area (Å²) in [5, 5.41) is 0. The molecule has 1 aliphatic heterocycles. The standard InChI is InChI=1S/C26H34N2O2/c1-17-13-18(2)30-24-12-10-20(26(6,7)8)15-22(24)28-16-27-21-14-19(25(3,4)5)9-11-23(21)29-17/h9-12,14-15,17-18H,13H2,1-8H3. The smallest absolute Gasteiger partial charge is 0.146 e. The minimum atomic E-state index is -0.0110. The van der Waals surface area contributed by atoms with Gasteiger partial charge in [-0.1, -0.05) is 53.7 Å². The van der Waals surface area contributed by atoms with Crippen LogP contribution >= 0.6 is 0 Å². The van der Waals surface area contributed by atoms with E-state index < -0.39 is 0 Å². The first-order chi connectivity index (χ1) is 13.9. The summed E-state index contributed by atoms with van der Waals surface area (Å²) < 4.78 is 12.4. The monoisotopic (exact) mass is 406 g/mol. The fourth-order valence-corrected chi connectivity index (χ4v) is 3.47. The molecule has 3 rings (SSSR count). The Labute approximate surface area is 181 Å². The zero-order valence-corrected chi connectivity index (χ0v) is 19.5. The van der Waals surface area contributed by atoms with Gasteiger partial charge in [0, 0.05) is 6.42 Å². The number of hydrogen-bond donors (Lipinski definition) is 0. The van der Waals surface area contributed by atoms with Gasteiger partial charge in [-0.3, -0.25) is 0 Å². The summed E-state index contributed by atoms with van der Waals surface area (Å²) in [6.07, 6.45) is 0.736. The molecule has 0 spiro atoms. The van der Waals surface area contributed by atoms with Crippen LogP contribution in [0.2, 0.25) is 0 Å². The quantitative estimate of drug-likeness (QED) is 0.459. The maximum absolute atomic E-state index is 6.20. The van der Waals surface area contributed by atoms with Crippen molar-refractivity contribution in [2.24, 2.45) is 9.98 Å². The Morgan fingerprint density at radius 3 is 1.50 bits per heavy atom. The van der Waals surface area contributed by atoms with Gasteiger partial charge >= 0.3 is 0 Å². The molecule has 30 heavy (non-hydrogen) atoms. The van der Waals surface area contributed by atoms with Crippen LogP contribution in [0.3, 0.4) is 0 Å². The van der Waals surface area contributed by atoms with Crippen molar-refractivity contribution in [1.82, 2.24) is 0 Å². The highest BCUT2D eigenvalue weighted by Crippen LogP contribution is 2.37. The Hall–Kier alpha value is -2.58. The molecule has 0 fully saturated rings. The third-order valence-electron chi connectivity index (χ3n) is 5.31. The maximum Gasteiger partial charge on any atom is 0.146 e. The average molecular weight is 407 g/mol. The second-order valence-electron chi connectivity index (χ2n) is 10.3. The Morgan fingerprint density at radius 2 is 1.13 bits per heavy atom. The van der Waals surface area contributed by atoms with Crippen LogP contribution in [0.5, 0.6) is 11.5 Å². The highest BCUT2D eigenvalue weighted by atomic mass is 16.5. The van der Waals surface area contributed by atoms with Gasteiger partial charge in [0.2, 0.25) is 0 Å². The zero-order chi connectivity index (χ0) is 22.1. The van der Waals surface area contributed by atoms with E-state index in [9.17, 15) is 0 Å². The topological polar surface area (TPSA) is 43.2 Å². The number of rotatable bonds is 0. The lowest BCUT2D eigenvalue weighted by Gasteiger charge is -2.24. The van der Waals surface area contributed by atoms with E-state index in [1.165, 1.54) is 11.1 Å². The van der Waals surface area contributed by atoms with Crippen molar-refractivity contribution in [3.8, 4) is 11.5 Å². The lowest BCUT2D eigenvalue weighted by molar-refractivity contribution is 0.131. The number of aliphatic imine (C=N–C) groups is 2. The average Bonchev–Trinajstić information content (AvgIpc) is 2.61. The highest BCUT2D eigenvalue weighted by molar-refractivity contribution is 5.66. The molecule has 1 aliphatic rings. The summed E-state index contributed by atoms with van der Waals surface area (Å²) in [5.41, 5.74) is 3.94. The summed E-state index contributed by atoms with van der Waals surface area (Å²) >= 11 is 0. The van der Waals surface area contributed by atoms with E-state index in [-0.39, 0.29) is 23.0 Å². The maximum atomic E-state index is 6.20. The predicted molar refractivity (Wildman–Crippen MR) is 124 cm³/mol. The SMILES string of the molecule is CC1CC(C)Oc2ccc(C(C)(C)C)cc2N=C=Nc2cc(C(C)(C)C)ccc2O1. The minimum absolute atomic E-state index is 0.0110. The summed E-state index contributed by atoms with van der Waals surface area (Å²) in [4.78, 5) is 9.08. The van der Waals surface area contributed by atoms with Crippen LogP contribution in [-0.2, 0) is 10.8 Å². The van der Waals surface area contributed by atoms with E-state index >= 15 is 0 Å². The molecule has 2 atom stereocenters. The van der Waals surface area contributed by atoms with E-state index in [0.717, 1.165) is 29.3 Å². The molecular formula is C26H34N2O2. The molecule has 2 aromatic rings. The van der Waals surface area contributed by atoms with Gasteiger partial charge in [-0.05, 0) is 60.1 Å². The molecule has 0 saturated carbocycles. The molecule has 0 N–H and O–H groups in total. The molecule has 0 bridgehead atoms. The van der Waals surface area contributed by atoms with Crippen LogP contribution in [0.25, 0.3) is 0 Å². The molecule has 2 aromatic carbocycles. The van der Waals surface area contributed by atoms with Crippen LogP contribution in [0.15, 0.2) is 46.4 Å². The lowest BCUT2D eigenvalue weighted by atomic mass is 9.87. The molecule has 0 aliphatic carbocycles. The van der Waals surface area contributed by atoms with Crippen LogP contribution < -0.4 is 9.47 Å². The van der Waals surface area contributed by atoms with Gasteiger partial charge in [-0.2, -0.15) is 9.98 Å². The van der Waals surface area contributed by atoms with E-state index in [1.807, 2.05) is 12.1 Å². The van der Waals surface area contributed by atoms with Gasteiger partial charge in [0.15, 0.2) is 0 Å². The van der Waals surface area contributed by atoms with Crippen molar-refractivity contribution >= 4 is 17.4 Å². The number of hydrogen-bond acceptors (Lipinski definition) is 4. The zero-order valence-electron chi connectivity index (χ0n) is 19.5. The molecule has 4 nitrogen and oxygen atoms in total. The first kappa shape index (κ1) is 22.1. The molecule has 1 heterocycles.